The van der Waals surface area contributed by atoms with E-state index in [9.17, 15) is 0 Å². The molecule has 2 nitrogen and oxygen atoms in total. The fourth-order valence-electron chi connectivity index (χ4n) is 1.55. The van der Waals surface area contributed by atoms with Gasteiger partial charge in [-0.2, -0.15) is 5.10 Å². The van der Waals surface area contributed by atoms with Crippen molar-refractivity contribution in [3.63, 3.8) is 0 Å². The number of anilines is 1. The van der Waals surface area contributed by atoms with Crippen molar-refractivity contribution in [2.45, 2.75) is 20.3 Å². The Bertz CT molecular complexity index is 385. The van der Waals surface area contributed by atoms with Crippen molar-refractivity contribution in [2.24, 2.45) is 5.10 Å². The molecule has 2 rings (SSSR count). The highest BCUT2D eigenvalue weighted by Gasteiger charge is 2.12. The van der Waals surface area contributed by atoms with Crippen molar-refractivity contribution in [3.05, 3.63) is 28.8 Å². The fourth-order valence-corrected chi connectivity index (χ4v) is 1.67. The van der Waals surface area contributed by atoms with Gasteiger partial charge in [0.1, 0.15) is 0 Å². The first-order chi connectivity index (χ1) is 6.66. The van der Waals surface area contributed by atoms with Crippen molar-refractivity contribution >= 4 is 23.0 Å². The zero-order valence-corrected chi connectivity index (χ0v) is 9.17. The molecule has 1 aromatic carbocycles. The van der Waals surface area contributed by atoms with Crippen LogP contribution in [0, 0.1) is 6.92 Å². The van der Waals surface area contributed by atoms with Gasteiger partial charge in [-0.25, -0.2) is 0 Å². The first-order valence-electron chi connectivity index (χ1n) is 4.74. The molecular formula is C11H13ClN2. The Morgan fingerprint density at radius 3 is 2.71 bits per heavy atom. The van der Waals surface area contributed by atoms with Crippen LogP contribution in [0.4, 0.5) is 5.69 Å². The van der Waals surface area contributed by atoms with E-state index in [1.807, 2.05) is 24.1 Å². The van der Waals surface area contributed by atoms with Gasteiger partial charge in [0.2, 0.25) is 0 Å². The summed E-state index contributed by atoms with van der Waals surface area (Å²) >= 11 is 5.96. The van der Waals surface area contributed by atoms with Crippen LogP contribution in [-0.4, -0.2) is 12.3 Å². The van der Waals surface area contributed by atoms with Crippen LogP contribution in [0.5, 0.6) is 0 Å². The topological polar surface area (TPSA) is 15.6 Å². The standard InChI is InChI=1S/C11H13ClN2/c1-8-7-10(3-4-11(8)12)14-6-5-9(2)13-14/h3-4,7H,5-6H2,1-2H3. The van der Waals surface area contributed by atoms with Crippen molar-refractivity contribution in [1.29, 1.82) is 0 Å². The third kappa shape index (κ3) is 1.75. The van der Waals surface area contributed by atoms with Gasteiger partial charge >= 0.3 is 0 Å². The molecule has 74 valence electrons. The van der Waals surface area contributed by atoms with E-state index in [1.165, 1.54) is 5.71 Å². The van der Waals surface area contributed by atoms with E-state index >= 15 is 0 Å². The number of hydrazone groups is 1. The molecule has 0 saturated carbocycles. The maximum atomic E-state index is 5.96. The molecule has 0 aromatic heterocycles. The van der Waals surface area contributed by atoms with Gasteiger partial charge in [0.25, 0.3) is 0 Å². The SMILES string of the molecule is CC1=NN(c2ccc(Cl)c(C)c2)CC1. The van der Waals surface area contributed by atoms with Gasteiger partial charge in [-0.1, -0.05) is 11.6 Å². The van der Waals surface area contributed by atoms with Crippen molar-refractivity contribution in [2.75, 3.05) is 11.6 Å². The van der Waals surface area contributed by atoms with E-state index in [1.54, 1.807) is 0 Å². The second-order valence-electron chi connectivity index (χ2n) is 3.64. The van der Waals surface area contributed by atoms with Gasteiger partial charge in [-0.15, -0.1) is 0 Å². The van der Waals surface area contributed by atoms with E-state index in [4.69, 9.17) is 11.6 Å². The number of halogens is 1. The first-order valence-corrected chi connectivity index (χ1v) is 5.12. The third-order valence-electron chi connectivity index (χ3n) is 2.42. The molecule has 0 unspecified atom stereocenters. The summed E-state index contributed by atoms with van der Waals surface area (Å²) in [7, 11) is 0. The van der Waals surface area contributed by atoms with Crippen LogP contribution >= 0.6 is 11.6 Å². The summed E-state index contributed by atoms with van der Waals surface area (Å²) in [5, 5.41) is 7.28. The van der Waals surface area contributed by atoms with E-state index in [2.05, 4.69) is 18.1 Å². The van der Waals surface area contributed by atoms with Crippen LogP contribution in [0.2, 0.25) is 5.02 Å². The second kappa shape index (κ2) is 3.62. The van der Waals surface area contributed by atoms with Crippen LogP contribution in [0.1, 0.15) is 18.9 Å². The third-order valence-corrected chi connectivity index (χ3v) is 2.84. The highest BCUT2D eigenvalue weighted by atomic mass is 35.5. The summed E-state index contributed by atoms with van der Waals surface area (Å²) in [6.07, 6.45) is 1.06. The minimum absolute atomic E-state index is 0.814. The average Bonchev–Trinajstić information content (AvgIpc) is 2.57. The predicted octanol–water partition coefficient (Wildman–Crippen LogP) is 3.23. The first kappa shape index (κ1) is 9.53. The van der Waals surface area contributed by atoms with Crippen LogP contribution in [0.3, 0.4) is 0 Å². The van der Waals surface area contributed by atoms with Gasteiger partial charge in [0, 0.05) is 23.7 Å². The minimum atomic E-state index is 0.814. The molecule has 0 fully saturated rings. The van der Waals surface area contributed by atoms with Crippen molar-refractivity contribution < 1.29 is 0 Å². The summed E-state index contributed by atoms with van der Waals surface area (Å²) in [6, 6.07) is 6.01. The number of rotatable bonds is 1. The lowest BCUT2D eigenvalue weighted by Crippen LogP contribution is -2.11. The van der Waals surface area contributed by atoms with Crippen LogP contribution in [0.25, 0.3) is 0 Å². The Hall–Kier alpha value is -1.02. The van der Waals surface area contributed by atoms with Crippen LogP contribution in [-0.2, 0) is 0 Å². The molecule has 3 heteroatoms. The molecule has 1 aromatic rings. The smallest absolute Gasteiger partial charge is 0.0597 e. The van der Waals surface area contributed by atoms with Gasteiger partial charge in [-0.05, 0) is 37.6 Å². The van der Waals surface area contributed by atoms with Gasteiger partial charge < -0.3 is 0 Å². The lowest BCUT2D eigenvalue weighted by molar-refractivity contribution is 0.921. The number of aryl methyl sites for hydroxylation is 1. The Labute approximate surface area is 89.2 Å². The van der Waals surface area contributed by atoms with E-state index in [-0.39, 0.29) is 0 Å². The quantitative estimate of drug-likeness (QED) is 0.692. The van der Waals surface area contributed by atoms with Gasteiger partial charge in [0.15, 0.2) is 0 Å². The van der Waals surface area contributed by atoms with Gasteiger partial charge in [0.05, 0.1) is 5.69 Å². The van der Waals surface area contributed by atoms with Crippen LogP contribution < -0.4 is 5.01 Å². The predicted molar refractivity (Wildman–Crippen MR) is 61.3 cm³/mol. The number of hydrogen-bond donors (Lipinski definition) is 0. The van der Waals surface area contributed by atoms with Gasteiger partial charge in [-0.3, -0.25) is 5.01 Å². The Kier molecular flexibility index (Phi) is 2.46. The molecule has 0 atom stereocenters. The second-order valence-corrected chi connectivity index (χ2v) is 4.05. The summed E-state index contributed by atoms with van der Waals surface area (Å²) in [6.45, 7) is 5.05. The molecule has 14 heavy (non-hydrogen) atoms. The van der Waals surface area contributed by atoms with E-state index < -0.39 is 0 Å². The molecule has 0 aliphatic carbocycles. The number of benzene rings is 1. The lowest BCUT2D eigenvalue weighted by atomic mass is 10.2. The van der Waals surface area contributed by atoms with Crippen molar-refractivity contribution in [1.82, 2.24) is 0 Å². The Morgan fingerprint density at radius 2 is 2.14 bits per heavy atom. The summed E-state index contributed by atoms with van der Waals surface area (Å²) in [4.78, 5) is 0. The maximum Gasteiger partial charge on any atom is 0.0597 e. The lowest BCUT2D eigenvalue weighted by Gasteiger charge is -2.14. The van der Waals surface area contributed by atoms with Crippen LogP contribution in [0.15, 0.2) is 23.3 Å². The molecule has 1 heterocycles. The molecule has 0 saturated heterocycles. The molecule has 0 bridgehead atoms. The summed E-state index contributed by atoms with van der Waals surface area (Å²) < 4.78 is 0. The zero-order chi connectivity index (χ0) is 10.1. The molecular weight excluding hydrogens is 196 g/mol. The Morgan fingerprint density at radius 1 is 1.36 bits per heavy atom. The molecule has 0 radical (unpaired) electrons. The summed E-state index contributed by atoms with van der Waals surface area (Å²) in [5.74, 6) is 0. The normalized spacial score (nSPS) is 15.9. The highest BCUT2D eigenvalue weighted by molar-refractivity contribution is 6.31. The average molecular weight is 209 g/mol. The zero-order valence-electron chi connectivity index (χ0n) is 8.42. The molecule has 0 spiro atoms. The molecule has 1 aliphatic rings. The number of nitrogens with zero attached hydrogens (tertiary/aromatic N) is 2. The van der Waals surface area contributed by atoms with E-state index in [0.717, 1.165) is 29.2 Å². The maximum absolute atomic E-state index is 5.96. The highest BCUT2D eigenvalue weighted by Crippen LogP contribution is 2.24. The molecule has 0 N–H and O–H groups in total. The van der Waals surface area contributed by atoms with E-state index in [0.29, 0.717) is 0 Å². The summed E-state index contributed by atoms with van der Waals surface area (Å²) in [5.41, 5.74) is 3.42. The Balaban J connectivity index is 2.29. The minimum Gasteiger partial charge on any atom is -0.265 e. The fraction of sp³-hybridized carbons (Fsp3) is 0.364. The molecule has 1 aliphatic heterocycles. The molecule has 0 amide bonds. The number of hydrogen-bond acceptors (Lipinski definition) is 2. The van der Waals surface area contributed by atoms with Crippen molar-refractivity contribution in [3.8, 4) is 0 Å². The largest absolute Gasteiger partial charge is 0.265 e. The monoisotopic (exact) mass is 208 g/mol.